The molecular formula is C15H15NO4S. The Labute approximate surface area is 126 Å². The Balaban J connectivity index is 2.10. The van der Waals surface area contributed by atoms with Gasteiger partial charge in [-0.15, -0.1) is 11.3 Å². The van der Waals surface area contributed by atoms with E-state index in [1.54, 1.807) is 37.3 Å². The van der Waals surface area contributed by atoms with E-state index in [9.17, 15) is 9.59 Å². The van der Waals surface area contributed by atoms with Crippen LogP contribution < -0.4 is 10.1 Å². The number of carboxylic acid groups (broad SMARTS) is 1. The summed E-state index contributed by atoms with van der Waals surface area (Å²) in [6.07, 6.45) is 0. The number of hydrogen-bond donors (Lipinski definition) is 2. The van der Waals surface area contributed by atoms with Gasteiger partial charge in [-0.05, 0) is 49.7 Å². The van der Waals surface area contributed by atoms with Gasteiger partial charge in [-0.2, -0.15) is 0 Å². The van der Waals surface area contributed by atoms with Crippen molar-refractivity contribution < 1.29 is 19.4 Å². The van der Waals surface area contributed by atoms with Crippen LogP contribution in [0, 0.1) is 6.92 Å². The number of carboxylic acids is 1. The number of carbonyl (C=O) groups is 2. The Morgan fingerprint density at radius 1 is 1.29 bits per heavy atom. The lowest BCUT2D eigenvalue weighted by Crippen LogP contribution is -2.10. The molecule has 0 atom stereocenters. The number of hydrogen-bond acceptors (Lipinski definition) is 4. The second-order valence-corrected chi connectivity index (χ2v) is 5.39. The van der Waals surface area contributed by atoms with Crippen LogP contribution in [0.25, 0.3) is 0 Å². The molecule has 0 radical (unpaired) electrons. The fourth-order valence-electron chi connectivity index (χ4n) is 1.81. The first-order chi connectivity index (χ1) is 10.0. The number of ether oxygens (including phenoxy) is 1. The maximum Gasteiger partial charge on any atom is 0.346 e. The van der Waals surface area contributed by atoms with Crippen molar-refractivity contribution in [1.29, 1.82) is 0 Å². The second-order valence-electron chi connectivity index (χ2n) is 4.34. The standard InChI is InChI=1S/C15H15NO4S/c1-3-20-11-6-4-10(5-7-11)14(17)16-12-8-9(2)13(21-12)15(18)19/h4-8H,3H2,1-2H3,(H,16,17)(H,18,19). The molecule has 2 rings (SSSR count). The highest BCUT2D eigenvalue weighted by atomic mass is 32.1. The third-order valence-corrected chi connectivity index (χ3v) is 3.92. The topological polar surface area (TPSA) is 75.6 Å². The highest BCUT2D eigenvalue weighted by Crippen LogP contribution is 2.27. The molecule has 0 spiro atoms. The molecule has 21 heavy (non-hydrogen) atoms. The van der Waals surface area contributed by atoms with Crippen LogP contribution in [0.2, 0.25) is 0 Å². The summed E-state index contributed by atoms with van der Waals surface area (Å²) in [5.41, 5.74) is 1.12. The van der Waals surface area contributed by atoms with Crippen LogP contribution >= 0.6 is 11.3 Å². The molecule has 0 aliphatic heterocycles. The van der Waals surface area contributed by atoms with E-state index in [4.69, 9.17) is 9.84 Å². The molecule has 1 aromatic carbocycles. The molecule has 0 saturated heterocycles. The van der Waals surface area contributed by atoms with Crippen LogP contribution in [0.3, 0.4) is 0 Å². The van der Waals surface area contributed by atoms with E-state index < -0.39 is 5.97 Å². The summed E-state index contributed by atoms with van der Waals surface area (Å²) < 4.78 is 5.31. The van der Waals surface area contributed by atoms with E-state index >= 15 is 0 Å². The van der Waals surface area contributed by atoms with E-state index in [-0.39, 0.29) is 10.8 Å². The van der Waals surface area contributed by atoms with Crippen LogP contribution in [-0.4, -0.2) is 23.6 Å². The van der Waals surface area contributed by atoms with Gasteiger partial charge in [0, 0.05) is 5.56 Å². The normalized spacial score (nSPS) is 10.2. The molecule has 0 bridgehead atoms. The highest BCUT2D eigenvalue weighted by Gasteiger charge is 2.14. The van der Waals surface area contributed by atoms with Gasteiger partial charge in [0.15, 0.2) is 0 Å². The van der Waals surface area contributed by atoms with Crippen LogP contribution in [-0.2, 0) is 0 Å². The van der Waals surface area contributed by atoms with Gasteiger partial charge in [-0.3, -0.25) is 4.79 Å². The van der Waals surface area contributed by atoms with Crippen molar-refractivity contribution >= 4 is 28.2 Å². The molecule has 2 N–H and O–H groups in total. The van der Waals surface area contributed by atoms with E-state index in [1.165, 1.54) is 0 Å². The molecule has 0 fully saturated rings. The van der Waals surface area contributed by atoms with Gasteiger partial charge in [-0.25, -0.2) is 4.79 Å². The molecular weight excluding hydrogens is 290 g/mol. The molecule has 5 nitrogen and oxygen atoms in total. The summed E-state index contributed by atoms with van der Waals surface area (Å²) in [6, 6.07) is 8.43. The minimum absolute atomic E-state index is 0.233. The van der Waals surface area contributed by atoms with E-state index in [1.807, 2.05) is 6.92 Å². The van der Waals surface area contributed by atoms with Crippen molar-refractivity contribution in [2.75, 3.05) is 11.9 Å². The molecule has 1 heterocycles. The zero-order valence-electron chi connectivity index (χ0n) is 11.7. The quantitative estimate of drug-likeness (QED) is 0.887. The van der Waals surface area contributed by atoms with Gasteiger partial charge >= 0.3 is 5.97 Å². The molecule has 0 unspecified atom stereocenters. The highest BCUT2D eigenvalue weighted by molar-refractivity contribution is 7.18. The molecule has 6 heteroatoms. The summed E-state index contributed by atoms with van der Waals surface area (Å²) in [5, 5.41) is 12.2. The summed E-state index contributed by atoms with van der Waals surface area (Å²) >= 11 is 1.05. The Morgan fingerprint density at radius 2 is 1.95 bits per heavy atom. The first kappa shape index (κ1) is 15.1. The zero-order chi connectivity index (χ0) is 15.4. The van der Waals surface area contributed by atoms with Gasteiger partial charge in [0.2, 0.25) is 0 Å². The SMILES string of the molecule is CCOc1ccc(C(=O)Nc2cc(C)c(C(=O)O)s2)cc1. The van der Waals surface area contributed by atoms with E-state index in [0.29, 0.717) is 28.5 Å². The van der Waals surface area contributed by atoms with Crippen molar-refractivity contribution in [3.05, 3.63) is 46.3 Å². The maximum atomic E-state index is 12.1. The number of nitrogens with one attached hydrogen (secondary N) is 1. The Kier molecular flexibility index (Phi) is 4.59. The number of rotatable bonds is 5. The third kappa shape index (κ3) is 3.61. The predicted octanol–water partition coefficient (Wildman–Crippen LogP) is 3.41. The van der Waals surface area contributed by atoms with Crippen molar-refractivity contribution in [3.63, 3.8) is 0 Å². The third-order valence-electron chi connectivity index (χ3n) is 2.78. The first-order valence-corrected chi connectivity index (χ1v) is 7.21. The minimum Gasteiger partial charge on any atom is -0.494 e. The fraction of sp³-hybridized carbons (Fsp3) is 0.200. The Hall–Kier alpha value is -2.34. The molecule has 0 saturated carbocycles. The monoisotopic (exact) mass is 305 g/mol. The number of thiophene rings is 1. The lowest BCUT2D eigenvalue weighted by Gasteiger charge is -2.05. The maximum absolute atomic E-state index is 12.1. The van der Waals surface area contributed by atoms with Crippen molar-refractivity contribution in [1.82, 2.24) is 0 Å². The zero-order valence-corrected chi connectivity index (χ0v) is 12.5. The van der Waals surface area contributed by atoms with Gasteiger partial charge in [0.1, 0.15) is 10.6 Å². The molecule has 1 aromatic heterocycles. The number of carbonyl (C=O) groups excluding carboxylic acids is 1. The first-order valence-electron chi connectivity index (χ1n) is 6.39. The predicted molar refractivity (Wildman–Crippen MR) is 81.6 cm³/mol. The van der Waals surface area contributed by atoms with Gasteiger partial charge < -0.3 is 15.2 Å². The second kappa shape index (κ2) is 6.41. The van der Waals surface area contributed by atoms with Crippen LogP contribution in [0.5, 0.6) is 5.75 Å². The average molecular weight is 305 g/mol. The van der Waals surface area contributed by atoms with Gasteiger partial charge in [0.05, 0.1) is 11.6 Å². The molecule has 0 aliphatic carbocycles. The van der Waals surface area contributed by atoms with Crippen molar-refractivity contribution in [2.45, 2.75) is 13.8 Å². The summed E-state index contributed by atoms with van der Waals surface area (Å²) in [4.78, 5) is 23.3. The van der Waals surface area contributed by atoms with Crippen LogP contribution in [0.1, 0.15) is 32.5 Å². The Morgan fingerprint density at radius 3 is 2.48 bits per heavy atom. The van der Waals surface area contributed by atoms with Gasteiger partial charge in [-0.1, -0.05) is 0 Å². The molecule has 2 aromatic rings. The van der Waals surface area contributed by atoms with Crippen LogP contribution in [0.4, 0.5) is 5.00 Å². The fourth-order valence-corrected chi connectivity index (χ4v) is 2.72. The average Bonchev–Trinajstić information content (AvgIpc) is 2.81. The van der Waals surface area contributed by atoms with Crippen molar-refractivity contribution in [2.24, 2.45) is 0 Å². The number of aryl methyl sites for hydroxylation is 1. The van der Waals surface area contributed by atoms with E-state index in [2.05, 4.69) is 5.32 Å². The number of aromatic carboxylic acids is 1. The minimum atomic E-state index is -0.987. The number of benzene rings is 1. The molecule has 110 valence electrons. The Bertz CT molecular complexity index is 661. The van der Waals surface area contributed by atoms with Crippen molar-refractivity contribution in [3.8, 4) is 5.75 Å². The lowest BCUT2D eigenvalue weighted by atomic mass is 10.2. The van der Waals surface area contributed by atoms with Crippen LogP contribution in [0.15, 0.2) is 30.3 Å². The lowest BCUT2D eigenvalue weighted by molar-refractivity contribution is 0.0701. The largest absolute Gasteiger partial charge is 0.494 e. The summed E-state index contributed by atoms with van der Waals surface area (Å²) in [7, 11) is 0. The van der Waals surface area contributed by atoms with Gasteiger partial charge in [0.25, 0.3) is 5.91 Å². The molecule has 0 aliphatic rings. The molecule has 1 amide bonds. The number of amides is 1. The summed E-state index contributed by atoms with van der Waals surface area (Å²) in [6.45, 7) is 4.16. The summed E-state index contributed by atoms with van der Waals surface area (Å²) in [5.74, 6) is -0.565. The smallest absolute Gasteiger partial charge is 0.346 e. The number of anilines is 1. The van der Waals surface area contributed by atoms with E-state index in [0.717, 1.165) is 11.3 Å².